The number of rotatable bonds is 3. The number of hydrogen-bond donors (Lipinski definition) is 1. The van der Waals surface area contributed by atoms with Gasteiger partial charge < -0.3 is 5.11 Å². The lowest BCUT2D eigenvalue weighted by Gasteiger charge is -2.04. The molecule has 5 nitrogen and oxygen atoms in total. The Labute approximate surface area is 99.1 Å². The molecule has 90 valence electrons. The van der Waals surface area contributed by atoms with Gasteiger partial charge in [0, 0.05) is 0 Å². The van der Waals surface area contributed by atoms with Gasteiger partial charge in [-0.15, -0.1) is 0 Å². The lowest BCUT2D eigenvalue weighted by molar-refractivity contribution is 0.0687. The average Bonchev–Trinajstić information content (AvgIpc) is 2.52. The van der Waals surface area contributed by atoms with E-state index in [-0.39, 0.29) is 5.69 Å². The van der Waals surface area contributed by atoms with Crippen molar-refractivity contribution in [3.8, 4) is 0 Å². The standard InChI is InChI=1S/C12H15N3O2/c1-7(2)6-9-4-5-10-13-8(3)11(12(16)17)15(10)14-9/h4-5,7H,6H2,1-3H3,(H,16,17). The van der Waals surface area contributed by atoms with E-state index in [2.05, 4.69) is 23.9 Å². The summed E-state index contributed by atoms with van der Waals surface area (Å²) in [7, 11) is 0. The second kappa shape index (κ2) is 4.16. The molecule has 0 amide bonds. The van der Waals surface area contributed by atoms with Crippen LogP contribution in [0.15, 0.2) is 12.1 Å². The van der Waals surface area contributed by atoms with Crippen molar-refractivity contribution in [1.29, 1.82) is 0 Å². The number of hydrogen-bond acceptors (Lipinski definition) is 3. The molecular weight excluding hydrogens is 218 g/mol. The first kappa shape index (κ1) is 11.6. The summed E-state index contributed by atoms with van der Waals surface area (Å²) in [5, 5.41) is 13.5. The topological polar surface area (TPSA) is 67.5 Å². The summed E-state index contributed by atoms with van der Waals surface area (Å²) in [6, 6.07) is 3.71. The van der Waals surface area contributed by atoms with Gasteiger partial charge in [-0.05, 0) is 31.4 Å². The van der Waals surface area contributed by atoms with E-state index in [1.54, 1.807) is 6.92 Å². The summed E-state index contributed by atoms with van der Waals surface area (Å²) >= 11 is 0. The van der Waals surface area contributed by atoms with Gasteiger partial charge in [0.25, 0.3) is 0 Å². The highest BCUT2D eigenvalue weighted by Crippen LogP contribution is 2.12. The van der Waals surface area contributed by atoms with Gasteiger partial charge in [-0.1, -0.05) is 13.8 Å². The van der Waals surface area contributed by atoms with Gasteiger partial charge in [0.15, 0.2) is 11.3 Å². The molecule has 0 unspecified atom stereocenters. The predicted octanol–water partition coefficient (Wildman–Crippen LogP) is 1.93. The van der Waals surface area contributed by atoms with Crippen LogP contribution >= 0.6 is 0 Å². The number of carbonyl (C=O) groups is 1. The molecule has 17 heavy (non-hydrogen) atoms. The number of aryl methyl sites for hydroxylation is 1. The van der Waals surface area contributed by atoms with E-state index in [1.165, 1.54) is 4.52 Å². The third-order valence-corrected chi connectivity index (χ3v) is 2.53. The summed E-state index contributed by atoms with van der Waals surface area (Å²) < 4.78 is 1.41. The monoisotopic (exact) mass is 233 g/mol. The van der Waals surface area contributed by atoms with E-state index in [0.29, 0.717) is 17.3 Å². The van der Waals surface area contributed by atoms with Gasteiger partial charge in [-0.2, -0.15) is 5.10 Å². The normalized spacial score (nSPS) is 11.3. The van der Waals surface area contributed by atoms with Crippen LogP contribution in [0.1, 0.15) is 35.7 Å². The van der Waals surface area contributed by atoms with Crippen LogP contribution in [0.25, 0.3) is 5.65 Å². The number of imidazole rings is 1. The van der Waals surface area contributed by atoms with E-state index in [0.717, 1.165) is 12.1 Å². The molecule has 0 fully saturated rings. The zero-order valence-electron chi connectivity index (χ0n) is 10.1. The Balaban J connectivity index is 2.58. The molecule has 2 aromatic rings. The van der Waals surface area contributed by atoms with Crippen molar-refractivity contribution < 1.29 is 9.90 Å². The number of aromatic nitrogens is 3. The Kier molecular flexibility index (Phi) is 2.83. The fourth-order valence-corrected chi connectivity index (χ4v) is 1.85. The Morgan fingerprint density at radius 2 is 2.18 bits per heavy atom. The smallest absolute Gasteiger partial charge is 0.356 e. The van der Waals surface area contributed by atoms with Crippen LogP contribution in [0.4, 0.5) is 0 Å². The maximum atomic E-state index is 11.1. The molecule has 0 aliphatic carbocycles. The van der Waals surface area contributed by atoms with E-state index in [1.807, 2.05) is 12.1 Å². The van der Waals surface area contributed by atoms with Crippen LogP contribution in [0.5, 0.6) is 0 Å². The number of carboxylic acid groups (broad SMARTS) is 1. The third-order valence-electron chi connectivity index (χ3n) is 2.53. The van der Waals surface area contributed by atoms with Crippen molar-refractivity contribution in [1.82, 2.24) is 14.6 Å². The van der Waals surface area contributed by atoms with E-state index in [9.17, 15) is 4.79 Å². The largest absolute Gasteiger partial charge is 0.476 e. The predicted molar refractivity (Wildman–Crippen MR) is 63.2 cm³/mol. The van der Waals surface area contributed by atoms with Crippen molar-refractivity contribution in [2.24, 2.45) is 5.92 Å². The molecular formula is C12H15N3O2. The zero-order valence-corrected chi connectivity index (χ0v) is 10.1. The first-order chi connectivity index (χ1) is 7.99. The van der Waals surface area contributed by atoms with Gasteiger partial charge in [0.1, 0.15) is 0 Å². The summed E-state index contributed by atoms with van der Waals surface area (Å²) in [5.74, 6) is -0.512. The Morgan fingerprint density at radius 3 is 2.76 bits per heavy atom. The summed E-state index contributed by atoms with van der Waals surface area (Å²) in [4.78, 5) is 15.3. The molecule has 2 rings (SSSR count). The molecule has 0 bridgehead atoms. The minimum Gasteiger partial charge on any atom is -0.476 e. The molecule has 0 atom stereocenters. The minimum atomic E-state index is -0.996. The van der Waals surface area contributed by atoms with Gasteiger partial charge in [-0.25, -0.2) is 14.3 Å². The molecule has 0 aromatic carbocycles. The SMILES string of the molecule is Cc1nc2ccc(CC(C)C)nn2c1C(=O)O. The molecule has 1 N–H and O–H groups in total. The summed E-state index contributed by atoms with van der Waals surface area (Å²) in [5.41, 5.74) is 2.09. The second-order valence-corrected chi connectivity index (χ2v) is 4.54. The molecule has 0 saturated carbocycles. The number of aromatic carboxylic acids is 1. The van der Waals surface area contributed by atoms with Crippen LogP contribution in [0.3, 0.4) is 0 Å². The third kappa shape index (κ3) is 2.13. The van der Waals surface area contributed by atoms with Crippen LogP contribution in [0.2, 0.25) is 0 Å². The molecule has 0 radical (unpaired) electrons. The first-order valence-electron chi connectivity index (χ1n) is 5.57. The molecule has 0 aliphatic rings. The Morgan fingerprint density at radius 1 is 1.47 bits per heavy atom. The Hall–Kier alpha value is -1.91. The minimum absolute atomic E-state index is 0.144. The summed E-state index contributed by atoms with van der Waals surface area (Å²) in [6.07, 6.45) is 0.826. The highest BCUT2D eigenvalue weighted by atomic mass is 16.4. The van der Waals surface area contributed by atoms with Gasteiger partial charge >= 0.3 is 5.97 Å². The van der Waals surface area contributed by atoms with Crippen LogP contribution in [-0.4, -0.2) is 25.7 Å². The fourth-order valence-electron chi connectivity index (χ4n) is 1.85. The molecule has 2 aromatic heterocycles. The average molecular weight is 233 g/mol. The van der Waals surface area contributed by atoms with Gasteiger partial charge in [0.05, 0.1) is 11.4 Å². The van der Waals surface area contributed by atoms with Crippen LogP contribution in [0, 0.1) is 12.8 Å². The molecule has 0 spiro atoms. The molecule has 0 aliphatic heterocycles. The number of fused-ring (bicyclic) bond motifs is 1. The van der Waals surface area contributed by atoms with Gasteiger partial charge in [-0.3, -0.25) is 0 Å². The Bertz CT molecular complexity index is 572. The maximum absolute atomic E-state index is 11.1. The fraction of sp³-hybridized carbons (Fsp3) is 0.417. The lowest BCUT2D eigenvalue weighted by atomic mass is 10.1. The van der Waals surface area contributed by atoms with Gasteiger partial charge in [0.2, 0.25) is 0 Å². The van der Waals surface area contributed by atoms with Crippen LogP contribution < -0.4 is 0 Å². The van der Waals surface area contributed by atoms with Crippen molar-refractivity contribution in [2.75, 3.05) is 0 Å². The van der Waals surface area contributed by atoms with E-state index >= 15 is 0 Å². The quantitative estimate of drug-likeness (QED) is 0.879. The van der Waals surface area contributed by atoms with Crippen LogP contribution in [-0.2, 0) is 6.42 Å². The van der Waals surface area contributed by atoms with E-state index < -0.39 is 5.97 Å². The number of nitrogens with zero attached hydrogens (tertiary/aromatic N) is 3. The van der Waals surface area contributed by atoms with Crippen molar-refractivity contribution >= 4 is 11.6 Å². The van der Waals surface area contributed by atoms with E-state index in [4.69, 9.17) is 5.11 Å². The molecule has 2 heterocycles. The maximum Gasteiger partial charge on any atom is 0.356 e. The molecule has 5 heteroatoms. The summed E-state index contributed by atoms with van der Waals surface area (Å²) in [6.45, 7) is 5.88. The highest BCUT2D eigenvalue weighted by molar-refractivity contribution is 5.88. The first-order valence-corrected chi connectivity index (χ1v) is 5.57. The lowest BCUT2D eigenvalue weighted by Crippen LogP contribution is -2.08. The van der Waals surface area contributed by atoms with Crippen molar-refractivity contribution in [2.45, 2.75) is 27.2 Å². The molecule has 0 saturated heterocycles. The number of carboxylic acids is 1. The van der Waals surface area contributed by atoms with Crippen molar-refractivity contribution in [3.63, 3.8) is 0 Å². The second-order valence-electron chi connectivity index (χ2n) is 4.54. The van der Waals surface area contributed by atoms with Crippen molar-refractivity contribution in [3.05, 3.63) is 29.2 Å². The zero-order chi connectivity index (χ0) is 12.6. The highest BCUT2D eigenvalue weighted by Gasteiger charge is 2.16.